The maximum absolute atomic E-state index is 13.1. The van der Waals surface area contributed by atoms with Crippen molar-refractivity contribution < 1.29 is 22.7 Å². The van der Waals surface area contributed by atoms with Gasteiger partial charge in [0.25, 0.3) is 5.91 Å². The van der Waals surface area contributed by atoms with Crippen molar-refractivity contribution in [1.82, 2.24) is 9.78 Å². The summed E-state index contributed by atoms with van der Waals surface area (Å²) in [6, 6.07) is 19.3. The summed E-state index contributed by atoms with van der Waals surface area (Å²) in [7, 11) is -3.40. The standard InChI is InChI=1S/C23H19N3O5S/c1-32(28,29)21-9-5-2-6-15(21)13-26-18-8-4-3-7-17(18)22(25-26)23(27)24-16-10-11-19-20(12-16)31-14-30-19/h2-12H,13-14H2,1H3,(H,24,27). The highest BCUT2D eigenvalue weighted by atomic mass is 32.2. The van der Waals surface area contributed by atoms with Gasteiger partial charge in [0.2, 0.25) is 6.79 Å². The number of fused-ring (bicyclic) bond motifs is 2. The maximum Gasteiger partial charge on any atom is 0.276 e. The Labute approximate surface area is 184 Å². The largest absolute Gasteiger partial charge is 0.454 e. The average molecular weight is 449 g/mol. The van der Waals surface area contributed by atoms with Crippen molar-refractivity contribution in [2.45, 2.75) is 11.4 Å². The Morgan fingerprint density at radius 2 is 1.78 bits per heavy atom. The molecule has 2 heterocycles. The van der Waals surface area contributed by atoms with E-state index in [1.807, 2.05) is 24.3 Å². The number of para-hydroxylation sites is 1. The van der Waals surface area contributed by atoms with E-state index in [4.69, 9.17) is 9.47 Å². The number of nitrogens with zero attached hydrogens (tertiary/aromatic N) is 2. The predicted octanol–water partition coefficient (Wildman–Crippen LogP) is 3.47. The first kappa shape index (κ1) is 20.1. The zero-order valence-corrected chi connectivity index (χ0v) is 17.9. The molecule has 0 radical (unpaired) electrons. The molecule has 1 aliphatic heterocycles. The van der Waals surface area contributed by atoms with Gasteiger partial charge in [-0.2, -0.15) is 5.10 Å². The van der Waals surface area contributed by atoms with Gasteiger partial charge in [0, 0.05) is 23.4 Å². The second-order valence-corrected chi connectivity index (χ2v) is 9.41. The number of sulfone groups is 1. The lowest BCUT2D eigenvalue weighted by Gasteiger charge is -2.09. The summed E-state index contributed by atoms with van der Waals surface area (Å²) in [5, 5.41) is 8.05. The van der Waals surface area contributed by atoms with Crippen molar-refractivity contribution >= 4 is 32.3 Å². The highest BCUT2D eigenvalue weighted by Crippen LogP contribution is 2.34. The van der Waals surface area contributed by atoms with Gasteiger partial charge in [0.05, 0.1) is 17.0 Å². The average Bonchev–Trinajstić information content (AvgIpc) is 3.38. The van der Waals surface area contributed by atoms with Gasteiger partial charge < -0.3 is 14.8 Å². The molecule has 0 atom stereocenters. The molecule has 3 aromatic carbocycles. The highest BCUT2D eigenvalue weighted by molar-refractivity contribution is 7.90. The number of rotatable bonds is 5. The molecule has 9 heteroatoms. The molecule has 0 saturated carbocycles. The summed E-state index contributed by atoms with van der Waals surface area (Å²) in [5.74, 6) is 0.813. The van der Waals surface area contributed by atoms with E-state index in [1.54, 1.807) is 47.1 Å². The minimum absolute atomic E-state index is 0.150. The Morgan fingerprint density at radius 3 is 2.62 bits per heavy atom. The Kier molecular flexibility index (Phi) is 4.82. The van der Waals surface area contributed by atoms with Crippen LogP contribution in [0.4, 0.5) is 5.69 Å². The molecule has 1 aliphatic rings. The molecule has 4 aromatic rings. The quantitative estimate of drug-likeness (QED) is 0.501. The molecular weight excluding hydrogens is 430 g/mol. The lowest BCUT2D eigenvalue weighted by Crippen LogP contribution is -2.14. The molecule has 0 aliphatic carbocycles. The molecule has 0 fully saturated rings. The van der Waals surface area contributed by atoms with Crippen LogP contribution < -0.4 is 14.8 Å². The fourth-order valence-corrected chi connectivity index (χ4v) is 4.67. The smallest absolute Gasteiger partial charge is 0.276 e. The van der Waals surface area contributed by atoms with Gasteiger partial charge >= 0.3 is 0 Å². The lowest BCUT2D eigenvalue weighted by molar-refractivity contribution is 0.102. The first-order valence-electron chi connectivity index (χ1n) is 9.85. The van der Waals surface area contributed by atoms with Gasteiger partial charge in [-0.15, -0.1) is 0 Å². The molecule has 162 valence electrons. The summed E-state index contributed by atoms with van der Waals surface area (Å²) in [4.78, 5) is 13.3. The third kappa shape index (κ3) is 3.67. The molecule has 32 heavy (non-hydrogen) atoms. The van der Waals surface area contributed by atoms with Gasteiger partial charge in [-0.1, -0.05) is 36.4 Å². The van der Waals surface area contributed by atoms with Gasteiger partial charge in [0.15, 0.2) is 27.0 Å². The van der Waals surface area contributed by atoms with Crippen LogP contribution in [-0.4, -0.2) is 37.2 Å². The van der Waals surface area contributed by atoms with Crippen LogP contribution in [0, 0.1) is 0 Å². The molecule has 1 N–H and O–H groups in total. The van der Waals surface area contributed by atoms with E-state index >= 15 is 0 Å². The number of amides is 1. The van der Waals surface area contributed by atoms with Crippen LogP contribution >= 0.6 is 0 Å². The molecule has 0 saturated heterocycles. The number of anilines is 1. The normalized spacial score (nSPS) is 12.8. The third-order valence-electron chi connectivity index (χ3n) is 5.20. The minimum Gasteiger partial charge on any atom is -0.454 e. The van der Waals surface area contributed by atoms with Crippen LogP contribution in [0.3, 0.4) is 0 Å². The Bertz CT molecular complexity index is 1460. The molecule has 5 rings (SSSR count). The summed E-state index contributed by atoms with van der Waals surface area (Å²) in [5.41, 5.74) is 2.13. The molecule has 8 nitrogen and oxygen atoms in total. The van der Waals surface area contributed by atoms with E-state index in [0.29, 0.717) is 28.1 Å². The van der Waals surface area contributed by atoms with E-state index in [9.17, 15) is 13.2 Å². The van der Waals surface area contributed by atoms with Crippen molar-refractivity contribution in [3.05, 3.63) is 78.0 Å². The topological polar surface area (TPSA) is 99.5 Å². The SMILES string of the molecule is CS(=O)(=O)c1ccccc1Cn1nc(C(=O)Nc2ccc3c(c2)OCO3)c2ccccc21. The first-order valence-corrected chi connectivity index (χ1v) is 11.7. The summed E-state index contributed by atoms with van der Waals surface area (Å²) >= 11 is 0. The molecular formula is C23H19N3O5S. The third-order valence-corrected chi connectivity index (χ3v) is 6.39. The van der Waals surface area contributed by atoms with Crippen LogP contribution in [-0.2, 0) is 16.4 Å². The number of aromatic nitrogens is 2. The van der Waals surface area contributed by atoms with Gasteiger partial charge in [-0.05, 0) is 29.8 Å². The zero-order chi connectivity index (χ0) is 22.3. The van der Waals surface area contributed by atoms with Crippen molar-refractivity contribution in [3.63, 3.8) is 0 Å². The second-order valence-electron chi connectivity index (χ2n) is 7.43. The Morgan fingerprint density at radius 1 is 1.03 bits per heavy atom. The fourth-order valence-electron chi connectivity index (χ4n) is 3.74. The van der Waals surface area contributed by atoms with E-state index in [-0.39, 0.29) is 29.8 Å². The van der Waals surface area contributed by atoms with Crippen LogP contribution in [0.5, 0.6) is 11.5 Å². The number of ether oxygens (including phenoxy) is 2. The van der Waals surface area contributed by atoms with Crippen LogP contribution in [0.25, 0.3) is 10.9 Å². The summed E-state index contributed by atoms with van der Waals surface area (Å²) in [6.45, 7) is 0.359. The maximum atomic E-state index is 13.1. The van der Waals surface area contributed by atoms with E-state index in [0.717, 1.165) is 5.52 Å². The number of carbonyl (C=O) groups is 1. The van der Waals surface area contributed by atoms with Crippen molar-refractivity contribution in [1.29, 1.82) is 0 Å². The van der Waals surface area contributed by atoms with Crippen molar-refractivity contribution in [2.24, 2.45) is 0 Å². The van der Waals surface area contributed by atoms with Crippen LogP contribution in [0.15, 0.2) is 71.6 Å². The highest BCUT2D eigenvalue weighted by Gasteiger charge is 2.20. The van der Waals surface area contributed by atoms with E-state index < -0.39 is 9.84 Å². The fraction of sp³-hybridized carbons (Fsp3) is 0.130. The molecule has 0 bridgehead atoms. The van der Waals surface area contributed by atoms with Crippen molar-refractivity contribution in [2.75, 3.05) is 18.4 Å². The lowest BCUT2D eigenvalue weighted by atomic mass is 10.2. The molecule has 1 amide bonds. The van der Waals surface area contributed by atoms with Crippen molar-refractivity contribution in [3.8, 4) is 11.5 Å². The number of hydrogen-bond donors (Lipinski definition) is 1. The Balaban J connectivity index is 1.50. The van der Waals surface area contributed by atoms with Gasteiger partial charge in [0.1, 0.15) is 0 Å². The monoisotopic (exact) mass is 449 g/mol. The van der Waals surface area contributed by atoms with Gasteiger partial charge in [-0.3, -0.25) is 9.48 Å². The Hall–Kier alpha value is -3.85. The first-order chi connectivity index (χ1) is 15.4. The van der Waals surface area contributed by atoms with E-state index in [2.05, 4.69) is 10.4 Å². The van der Waals surface area contributed by atoms with Crippen LogP contribution in [0.1, 0.15) is 16.1 Å². The number of hydrogen-bond acceptors (Lipinski definition) is 6. The zero-order valence-electron chi connectivity index (χ0n) is 17.1. The molecule has 0 unspecified atom stereocenters. The van der Waals surface area contributed by atoms with Crippen LogP contribution in [0.2, 0.25) is 0 Å². The van der Waals surface area contributed by atoms with Gasteiger partial charge in [-0.25, -0.2) is 8.42 Å². The number of benzene rings is 3. The second kappa shape index (κ2) is 7.69. The predicted molar refractivity (Wildman–Crippen MR) is 119 cm³/mol. The number of carbonyl (C=O) groups excluding carboxylic acids is 1. The van der Waals surface area contributed by atoms with E-state index in [1.165, 1.54) is 6.26 Å². The molecule has 0 spiro atoms. The summed E-state index contributed by atoms with van der Waals surface area (Å²) in [6.07, 6.45) is 1.18. The summed E-state index contributed by atoms with van der Waals surface area (Å²) < 4.78 is 36.7. The number of nitrogens with one attached hydrogen (secondary N) is 1. The minimum atomic E-state index is -3.40. The molecule has 1 aromatic heterocycles.